The molecule has 2 heterocycles. The van der Waals surface area contributed by atoms with Crippen molar-refractivity contribution in [2.75, 3.05) is 19.6 Å². The summed E-state index contributed by atoms with van der Waals surface area (Å²) in [6.07, 6.45) is 17.4. The molecule has 6 nitrogen and oxygen atoms in total. The van der Waals surface area contributed by atoms with E-state index in [2.05, 4.69) is 56.1 Å². The van der Waals surface area contributed by atoms with Crippen LogP contribution in [0, 0.1) is 35.0 Å². The van der Waals surface area contributed by atoms with Crippen LogP contribution in [-0.4, -0.2) is 59.8 Å². The van der Waals surface area contributed by atoms with Crippen molar-refractivity contribution in [2.24, 2.45) is 35.0 Å². The van der Waals surface area contributed by atoms with Gasteiger partial charge in [0.05, 0.1) is 11.7 Å². The van der Waals surface area contributed by atoms with Crippen molar-refractivity contribution in [3.63, 3.8) is 0 Å². The van der Waals surface area contributed by atoms with Gasteiger partial charge in [-0.3, -0.25) is 19.3 Å². The first-order valence-electron chi connectivity index (χ1n) is 20.7. The highest BCUT2D eigenvalue weighted by Gasteiger charge is 2.61. The van der Waals surface area contributed by atoms with Gasteiger partial charge in [0.2, 0.25) is 5.91 Å². The fourth-order valence-corrected chi connectivity index (χ4v) is 12.0. The van der Waals surface area contributed by atoms with Crippen LogP contribution >= 0.6 is 0 Å². The lowest BCUT2D eigenvalue weighted by Gasteiger charge is -2.47. The van der Waals surface area contributed by atoms with E-state index >= 15 is 0 Å². The molecule has 278 valence electrons. The largest absolute Gasteiger partial charge is 0.365 e. The molecule has 1 aromatic carbocycles. The average Bonchev–Trinajstić information content (AvgIpc) is 3.64. The summed E-state index contributed by atoms with van der Waals surface area (Å²) in [6, 6.07) is 10.6. The van der Waals surface area contributed by atoms with E-state index in [0.29, 0.717) is 73.5 Å². The van der Waals surface area contributed by atoms with Crippen molar-refractivity contribution in [1.29, 1.82) is 0 Å². The summed E-state index contributed by atoms with van der Waals surface area (Å²) in [5, 5.41) is 3.04. The lowest BCUT2D eigenvalue weighted by Crippen LogP contribution is -2.52. The van der Waals surface area contributed by atoms with E-state index in [9.17, 15) is 14.4 Å². The molecule has 2 aliphatic heterocycles. The predicted octanol–water partition coefficient (Wildman–Crippen LogP) is 8.58. The summed E-state index contributed by atoms with van der Waals surface area (Å²) >= 11 is 0. The van der Waals surface area contributed by atoms with Crippen molar-refractivity contribution >= 4 is 17.5 Å². The topological polar surface area (TPSA) is 75.7 Å². The third kappa shape index (κ3) is 7.35. The minimum atomic E-state index is -0.159. The van der Waals surface area contributed by atoms with Gasteiger partial charge >= 0.3 is 0 Å². The maximum absolute atomic E-state index is 12.9. The highest BCUT2D eigenvalue weighted by atomic mass is 16.5. The van der Waals surface area contributed by atoms with E-state index in [-0.39, 0.29) is 23.0 Å². The number of Topliss-reactive ketones (excluding diaryl/α,β-unsaturated/α-hetero) is 2. The van der Waals surface area contributed by atoms with E-state index in [1.54, 1.807) is 11.1 Å². The number of nitrogens with one attached hydrogen (secondary N) is 1. The van der Waals surface area contributed by atoms with E-state index < -0.39 is 0 Å². The molecule has 6 heteroatoms. The molecule has 7 rings (SSSR count). The zero-order valence-electron chi connectivity index (χ0n) is 32.0. The maximum Gasteiger partial charge on any atom is 0.220 e. The van der Waals surface area contributed by atoms with Crippen LogP contribution in [-0.2, 0) is 25.5 Å². The number of amides is 1. The Kier molecular flexibility index (Phi) is 11.1. The molecule has 1 amide bonds. The molecule has 1 aromatic rings. The highest BCUT2D eigenvalue weighted by Crippen LogP contribution is 2.65. The van der Waals surface area contributed by atoms with Crippen LogP contribution in [0.4, 0.5) is 0 Å². The van der Waals surface area contributed by atoms with Gasteiger partial charge in [0.25, 0.3) is 0 Å². The van der Waals surface area contributed by atoms with Crippen LogP contribution in [0.2, 0.25) is 0 Å². The van der Waals surface area contributed by atoms with Gasteiger partial charge in [-0.25, -0.2) is 0 Å². The molecule has 9 atom stereocenters. The zero-order chi connectivity index (χ0) is 35.8. The number of fused-ring (bicyclic) bond motifs is 6. The second-order valence-corrected chi connectivity index (χ2v) is 17.8. The third-order valence-corrected chi connectivity index (χ3v) is 14.8. The SMILES string of the molecule is CC1=C2C[C@H]3[C@@H](CC=C4CC(=O)CC[C@@]43C)[C@@H]2CC[C@]12O[C@@H]1C[C@H](C)CN(CCCC(=O)CCCCCNC(=O)CCc3ccccc3)[C@H]1[C@H]2C. The lowest BCUT2D eigenvalue weighted by molar-refractivity contribution is -0.121. The molecule has 2 saturated heterocycles. The first-order chi connectivity index (χ1) is 24.6. The number of piperidine rings is 1. The van der Waals surface area contributed by atoms with Crippen molar-refractivity contribution in [1.82, 2.24) is 10.2 Å². The number of ketones is 2. The summed E-state index contributed by atoms with van der Waals surface area (Å²) in [5.41, 5.74) is 5.94. The van der Waals surface area contributed by atoms with Gasteiger partial charge in [-0.05, 0) is 118 Å². The third-order valence-electron chi connectivity index (χ3n) is 14.8. The minimum absolute atomic E-state index is 0.109. The quantitative estimate of drug-likeness (QED) is 0.165. The summed E-state index contributed by atoms with van der Waals surface area (Å²) < 4.78 is 7.34. The Morgan fingerprint density at radius 2 is 1.82 bits per heavy atom. The fourth-order valence-electron chi connectivity index (χ4n) is 12.0. The molecule has 2 saturated carbocycles. The summed E-state index contributed by atoms with van der Waals surface area (Å²) in [4.78, 5) is 40.2. The summed E-state index contributed by atoms with van der Waals surface area (Å²) in [6.45, 7) is 12.5. The fraction of sp³-hybridized carbons (Fsp3) is 0.711. The molecule has 0 unspecified atom stereocenters. The molecule has 0 bridgehead atoms. The number of unbranched alkanes of at least 4 members (excludes halogenated alkanes) is 2. The Morgan fingerprint density at radius 3 is 2.65 bits per heavy atom. The Hall–Kier alpha value is -2.57. The second kappa shape index (κ2) is 15.4. The van der Waals surface area contributed by atoms with Crippen LogP contribution in [0.5, 0.6) is 0 Å². The van der Waals surface area contributed by atoms with Gasteiger partial charge in [-0.15, -0.1) is 0 Å². The number of hydrogen-bond acceptors (Lipinski definition) is 5. The Morgan fingerprint density at radius 1 is 1.02 bits per heavy atom. The number of allylic oxidation sites excluding steroid dienone is 3. The number of benzene rings is 1. The van der Waals surface area contributed by atoms with Crippen LogP contribution in [0.15, 0.2) is 53.1 Å². The minimum Gasteiger partial charge on any atom is -0.365 e. The van der Waals surface area contributed by atoms with Gasteiger partial charge in [0.15, 0.2) is 0 Å². The number of carbonyl (C=O) groups is 3. The van der Waals surface area contributed by atoms with Gasteiger partial charge < -0.3 is 10.1 Å². The number of ether oxygens (including phenoxy) is 1. The van der Waals surface area contributed by atoms with Crippen LogP contribution in [0.25, 0.3) is 0 Å². The normalized spacial score (nSPS) is 36.0. The first-order valence-corrected chi connectivity index (χ1v) is 20.7. The molecule has 0 radical (unpaired) electrons. The van der Waals surface area contributed by atoms with Crippen molar-refractivity contribution in [2.45, 2.75) is 148 Å². The highest BCUT2D eigenvalue weighted by molar-refractivity contribution is 5.82. The van der Waals surface area contributed by atoms with Gasteiger partial charge in [0.1, 0.15) is 11.6 Å². The summed E-state index contributed by atoms with van der Waals surface area (Å²) in [7, 11) is 0. The van der Waals surface area contributed by atoms with E-state index in [1.807, 2.05) is 18.2 Å². The maximum atomic E-state index is 12.9. The monoisotopic (exact) mass is 696 g/mol. The summed E-state index contributed by atoms with van der Waals surface area (Å²) in [5.74, 6) is 4.03. The molecule has 1 N–H and O–H groups in total. The number of hydrogen-bond donors (Lipinski definition) is 1. The number of aryl methyl sites for hydroxylation is 1. The molecule has 51 heavy (non-hydrogen) atoms. The van der Waals surface area contributed by atoms with Crippen molar-refractivity contribution < 1.29 is 19.1 Å². The Labute approximate surface area is 307 Å². The molecular weight excluding hydrogens is 633 g/mol. The predicted molar refractivity (Wildman–Crippen MR) is 203 cm³/mol. The smallest absolute Gasteiger partial charge is 0.220 e. The van der Waals surface area contributed by atoms with Crippen LogP contribution in [0.1, 0.15) is 130 Å². The lowest BCUT2D eigenvalue weighted by atomic mass is 9.57. The Balaban J connectivity index is 0.881. The van der Waals surface area contributed by atoms with Crippen LogP contribution < -0.4 is 5.32 Å². The first kappa shape index (κ1) is 36.8. The standard InChI is InChI=1S/C45H64N2O4/c1-30-26-41-43(47(29-30)25-11-15-35(48)14-9-6-10-24-46-42(50)19-16-33-12-7-5-8-13-33)32(3)45(51-41)23-21-37-38-18-17-34-27-36(49)20-22-44(34,4)40(38)28-39(37)31(45)2/h5,7-8,12-13,17,30,32,37-38,40-41,43H,6,9-11,14-16,18-29H2,1-4H3,(H,46,50)/t30-,32+,37-,38-,40-,41+,43-,44-,45-/m0/s1. The Bertz CT molecular complexity index is 1510. The van der Waals surface area contributed by atoms with Gasteiger partial charge in [-0.2, -0.15) is 0 Å². The molecule has 4 fully saturated rings. The molecule has 4 aliphatic carbocycles. The molecular formula is C45H64N2O4. The molecule has 0 aromatic heterocycles. The second-order valence-electron chi connectivity index (χ2n) is 17.8. The van der Waals surface area contributed by atoms with E-state index in [4.69, 9.17) is 4.74 Å². The number of nitrogens with zero attached hydrogens (tertiary/aromatic N) is 1. The van der Waals surface area contributed by atoms with E-state index in [0.717, 1.165) is 83.2 Å². The molecule has 6 aliphatic rings. The molecule has 1 spiro atoms. The van der Waals surface area contributed by atoms with Crippen LogP contribution in [0.3, 0.4) is 0 Å². The number of likely N-dealkylation sites (tertiary alicyclic amines) is 1. The van der Waals surface area contributed by atoms with E-state index in [1.165, 1.54) is 24.0 Å². The zero-order valence-corrected chi connectivity index (χ0v) is 32.0. The van der Waals surface area contributed by atoms with Crippen molar-refractivity contribution in [3.05, 3.63) is 58.7 Å². The number of rotatable bonds is 13. The average molecular weight is 697 g/mol. The number of carbonyl (C=O) groups excluding carboxylic acids is 3. The van der Waals surface area contributed by atoms with Crippen molar-refractivity contribution in [3.8, 4) is 0 Å². The van der Waals surface area contributed by atoms with Gasteiger partial charge in [0, 0.05) is 57.2 Å². The van der Waals surface area contributed by atoms with Gasteiger partial charge in [-0.1, -0.05) is 74.7 Å².